The molecule has 6 heteroatoms. The second-order valence-electron chi connectivity index (χ2n) is 6.37. The largest absolute Gasteiger partial charge is 0.383 e. The summed E-state index contributed by atoms with van der Waals surface area (Å²) in [6.45, 7) is 4.79. The van der Waals surface area contributed by atoms with Crippen molar-refractivity contribution in [3.8, 4) is 16.9 Å². The van der Waals surface area contributed by atoms with Crippen LogP contribution in [0, 0.1) is 19.7 Å². The van der Waals surface area contributed by atoms with E-state index in [1.807, 2.05) is 32.0 Å². The molecule has 3 rings (SSSR count). The maximum Gasteiger partial charge on any atom is 0.270 e. The molecule has 0 spiro atoms. The average Bonchev–Trinajstić information content (AvgIpc) is 3.09. The van der Waals surface area contributed by atoms with Gasteiger partial charge in [-0.2, -0.15) is 5.10 Å². The molecule has 27 heavy (non-hydrogen) atoms. The molecule has 140 valence electrons. The molecule has 0 saturated heterocycles. The quantitative estimate of drug-likeness (QED) is 0.677. The van der Waals surface area contributed by atoms with Crippen LogP contribution in [0.1, 0.15) is 21.6 Å². The van der Waals surface area contributed by atoms with Gasteiger partial charge in [-0.05, 0) is 61.4 Å². The van der Waals surface area contributed by atoms with E-state index >= 15 is 0 Å². The van der Waals surface area contributed by atoms with Crippen molar-refractivity contribution in [1.29, 1.82) is 0 Å². The van der Waals surface area contributed by atoms with Crippen LogP contribution in [0.15, 0.2) is 48.5 Å². The second kappa shape index (κ2) is 8.14. The van der Waals surface area contributed by atoms with Crippen LogP contribution in [0.4, 0.5) is 4.39 Å². The van der Waals surface area contributed by atoms with Crippen LogP contribution < -0.4 is 5.32 Å². The Kier molecular flexibility index (Phi) is 5.66. The number of nitrogens with one attached hydrogen (secondary N) is 1. The molecule has 0 unspecified atom stereocenters. The van der Waals surface area contributed by atoms with Crippen LogP contribution >= 0.6 is 0 Å². The van der Waals surface area contributed by atoms with Crippen LogP contribution in [0.5, 0.6) is 0 Å². The monoisotopic (exact) mass is 367 g/mol. The van der Waals surface area contributed by atoms with Crippen LogP contribution in [0.25, 0.3) is 16.9 Å². The molecule has 0 fully saturated rings. The fourth-order valence-electron chi connectivity index (χ4n) is 2.79. The van der Waals surface area contributed by atoms with Gasteiger partial charge in [0, 0.05) is 19.2 Å². The van der Waals surface area contributed by atoms with Gasteiger partial charge in [-0.3, -0.25) is 4.79 Å². The molecule has 1 aromatic heterocycles. The number of carbonyl (C=O) groups excluding carboxylic acids is 1. The van der Waals surface area contributed by atoms with E-state index in [0.29, 0.717) is 24.5 Å². The molecule has 1 heterocycles. The third kappa shape index (κ3) is 4.23. The second-order valence-corrected chi connectivity index (χ2v) is 6.37. The fourth-order valence-corrected chi connectivity index (χ4v) is 2.79. The molecule has 0 saturated carbocycles. The van der Waals surface area contributed by atoms with E-state index in [9.17, 15) is 9.18 Å². The van der Waals surface area contributed by atoms with Gasteiger partial charge in [0.15, 0.2) is 0 Å². The number of rotatable bonds is 6. The number of halogens is 1. The molecule has 5 nitrogen and oxygen atoms in total. The van der Waals surface area contributed by atoms with Crippen LogP contribution in [-0.2, 0) is 4.74 Å². The average molecular weight is 367 g/mol. The Labute approximate surface area is 157 Å². The van der Waals surface area contributed by atoms with E-state index in [2.05, 4.69) is 10.4 Å². The lowest BCUT2D eigenvalue weighted by Gasteiger charge is -2.11. The first-order valence-corrected chi connectivity index (χ1v) is 8.70. The molecule has 1 amide bonds. The number of methoxy groups -OCH3 is 1. The molecule has 0 aliphatic heterocycles. The summed E-state index contributed by atoms with van der Waals surface area (Å²) in [6, 6.07) is 13.8. The van der Waals surface area contributed by atoms with Crippen LogP contribution in [0.3, 0.4) is 0 Å². The zero-order chi connectivity index (χ0) is 19.4. The summed E-state index contributed by atoms with van der Waals surface area (Å²) in [4.78, 5) is 12.7. The zero-order valence-electron chi connectivity index (χ0n) is 15.6. The minimum absolute atomic E-state index is 0.242. The third-order valence-corrected chi connectivity index (χ3v) is 4.27. The third-order valence-electron chi connectivity index (χ3n) is 4.27. The van der Waals surface area contributed by atoms with E-state index in [-0.39, 0.29) is 11.7 Å². The highest BCUT2D eigenvalue weighted by atomic mass is 19.1. The first-order valence-electron chi connectivity index (χ1n) is 8.70. The summed E-state index contributed by atoms with van der Waals surface area (Å²) >= 11 is 0. The highest BCUT2D eigenvalue weighted by Crippen LogP contribution is 2.24. The van der Waals surface area contributed by atoms with E-state index in [1.54, 1.807) is 30.0 Å². The topological polar surface area (TPSA) is 56.1 Å². The zero-order valence-corrected chi connectivity index (χ0v) is 15.6. The van der Waals surface area contributed by atoms with E-state index in [0.717, 1.165) is 22.4 Å². The number of amides is 1. The minimum atomic E-state index is -0.315. The number of ether oxygens (including phenoxy) is 1. The van der Waals surface area contributed by atoms with Crippen molar-refractivity contribution < 1.29 is 13.9 Å². The Morgan fingerprint density at radius 3 is 2.59 bits per heavy atom. The van der Waals surface area contributed by atoms with Gasteiger partial charge in [0.25, 0.3) is 5.91 Å². The molecular weight excluding hydrogens is 345 g/mol. The summed E-state index contributed by atoms with van der Waals surface area (Å²) in [5, 5.41) is 7.47. The highest BCUT2D eigenvalue weighted by molar-refractivity contribution is 5.94. The van der Waals surface area contributed by atoms with Crippen LogP contribution in [-0.4, -0.2) is 35.9 Å². The summed E-state index contributed by atoms with van der Waals surface area (Å²) in [5.74, 6) is -0.556. The fraction of sp³-hybridized carbons (Fsp3) is 0.238. The van der Waals surface area contributed by atoms with E-state index < -0.39 is 0 Å². The molecule has 3 aromatic rings. The lowest BCUT2D eigenvalue weighted by molar-refractivity contribution is 0.0929. The van der Waals surface area contributed by atoms with Crippen molar-refractivity contribution in [3.63, 3.8) is 0 Å². The van der Waals surface area contributed by atoms with Gasteiger partial charge < -0.3 is 10.1 Å². The molecule has 0 radical (unpaired) electrons. The Hall–Kier alpha value is -2.99. The van der Waals surface area contributed by atoms with Crippen molar-refractivity contribution >= 4 is 5.91 Å². The van der Waals surface area contributed by atoms with Gasteiger partial charge in [0.1, 0.15) is 11.5 Å². The lowest BCUT2D eigenvalue weighted by atomic mass is 10.1. The molecule has 0 aliphatic rings. The molecular formula is C21H22FN3O2. The number of hydrogen-bond donors (Lipinski definition) is 1. The van der Waals surface area contributed by atoms with Crippen LogP contribution in [0.2, 0.25) is 0 Å². The van der Waals surface area contributed by atoms with Gasteiger partial charge in [0.05, 0.1) is 18.0 Å². The highest BCUT2D eigenvalue weighted by Gasteiger charge is 2.18. The summed E-state index contributed by atoms with van der Waals surface area (Å²) in [5.41, 5.74) is 4.67. The Balaban J connectivity index is 2.07. The first-order chi connectivity index (χ1) is 13.0. The van der Waals surface area contributed by atoms with Crippen molar-refractivity contribution in [2.45, 2.75) is 13.8 Å². The number of carbonyl (C=O) groups is 1. The van der Waals surface area contributed by atoms with Gasteiger partial charge in [-0.1, -0.05) is 12.1 Å². The standard InChI is InChI=1S/C21H22FN3O2/c1-14-4-5-15(2)19(12-14)25-20(21(26)23-10-11-27-3)13-18(24-25)16-6-8-17(22)9-7-16/h4-9,12-13H,10-11H2,1-3H3,(H,23,26). The summed E-state index contributed by atoms with van der Waals surface area (Å²) in [7, 11) is 1.58. The Morgan fingerprint density at radius 2 is 1.89 bits per heavy atom. The maximum atomic E-state index is 13.2. The maximum absolute atomic E-state index is 13.2. The van der Waals surface area contributed by atoms with Gasteiger partial charge in [0.2, 0.25) is 0 Å². The van der Waals surface area contributed by atoms with E-state index in [1.165, 1.54) is 12.1 Å². The minimum Gasteiger partial charge on any atom is -0.383 e. The normalized spacial score (nSPS) is 10.8. The Bertz CT molecular complexity index is 949. The molecule has 0 aliphatic carbocycles. The van der Waals surface area contributed by atoms with Crippen molar-refractivity contribution in [2.24, 2.45) is 0 Å². The SMILES string of the molecule is COCCNC(=O)c1cc(-c2ccc(F)cc2)nn1-c1cc(C)ccc1C. The Morgan fingerprint density at radius 1 is 1.15 bits per heavy atom. The lowest BCUT2D eigenvalue weighted by Crippen LogP contribution is -2.29. The predicted octanol–water partition coefficient (Wildman–Crippen LogP) is 3.67. The number of aryl methyl sites for hydroxylation is 2. The van der Waals surface area contributed by atoms with Crippen molar-refractivity contribution in [1.82, 2.24) is 15.1 Å². The predicted molar refractivity (Wildman–Crippen MR) is 103 cm³/mol. The summed E-state index contributed by atoms with van der Waals surface area (Å²) < 4.78 is 19.9. The van der Waals surface area contributed by atoms with Gasteiger partial charge in [-0.25, -0.2) is 9.07 Å². The van der Waals surface area contributed by atoms with E-state index in [4.69, 9.17) is 4.74 Å². The van der Waals surface area contributed by atoms with Crippen molar-refractivity contribution in [3.05, 3.63) is 71.2 Å². The molecule has 0 atom stereocenters. The molecule has 2 aromatic carbocycles. The smallest absolute Gasteiger partial charge is 0.270 e. The van der Waals surface area contributed by atoms with Crippen molar-refractivity contribution in [2.75, 3.05) is 20.3 Å². The number of hydrogen-bond acceptors (Lipinski definition) is 3. The molecule has 1 N–H and O–H groups in total. The van der Waals surface area contributed by atoms with Gasteiger partial charge >= 0.3 is 0 Å². The number of nitrogens with zero attached hydrogens (tertiary/aromatic N) is 2. The summed E-state index contributed by atoms with van der Waals surface area (Å²) in [6.07, 6.45) is 0. The van der Waals surface area contributed by atoms with Gasteiger partial charge in [-0.15, -0.1) is 0 Å². The molecule has 0 bridgehead atoms. The number of aromatic nitrogens is 2. The first kappa shape index (κ1) is 18.8. The number of benzene rings is 2.